The standard InChI is InChI=1S/C23H28N2O4/c1-14-7-6-8-17-19(14)23(11-12-28-20(23)25-17)16-13-15(9-10-18(16)27-5)24-21(26)29-22(2,3)4/h6-10,13,20,25H,11-12H2,1-5H3,(H,24,26)/t20?,23-/m0/s1. The number of aryl methyl sites for hydroxylation is 1. The fourth-order valence-electron chi connectivity index (χ4n) is 4.52. The van der Waals surface area contributed by atoms with Gasteiger partial charge in [0.2, 0.25) is 0 Å². The first-order chi connectivity index (χ1) is 13.7. The second-order valence-corrected chi connectivity index (χ2v) is 8.66. The summed E-state index contributed by atoms with van der Waals surface area (Å²) in [4.78, 5) is 12.3. The molecule has 6 nitrogen and oxygen atoms in total. The molecule has 0 aromatic heterocycles. The van der Waals surface area contributed by atoms with Crippen molar-refractivity contribution in [2.45, 2.75) is 51.4 Å². The van der Waals surface area contributed by atoms with E-state index in [1.165, 1.54) is 11.1 Å². The summed E-state index contributed by atoms with van der Waals surface area (Å²) in [6.07, 6.45) is 0.171. The van der Waals surface area contributed by atoms with Gasteiger partial charge in [0.05, 0.1) is 19.1 Å². The summed E-state index contributed by atoms with van der Waals surface area (Å²) < 4.78 is 17.2. The molecule has 29 heavy (non-hydrogen) atoms. The fourth-order valence-corrected chi connectivity index (χ4v) is 4.52. The highest BCUT2D eigenvalue weighted by atomic mass is 16.6. The molecule has 1 unspecified atom stereocenters. The van der Waals surface area contributed by atoms with E-state index >= 15 is 0 Å². The van der Waals surface area contributed by atoms with E-state index in [1.807, 2.05) is 45.0 Å². The lowest BCUT2D eigenvalue weighted by molar-refractivity contribution is 0.0636. The Bertz CT molecular complexity index is 950. The Labute approximate surface area is 171 Å². The lowest BCUT2D eigenvalue weighted by atomic mass is 9.71. The monoisotopic (exact) mass is 396 g/mol. The topological polar surface area (TPSA) is 68.8 Å². The molecule has 1 amide bonds. The van der Waals surface area contributed by atoms with Crippen molar-refractivity contribution in [2.24, 2.45) is 0 Å². The highest BCUT2D eigenvalue weighted by Gasteiger charge is 2.54. The lowest BCUT2D eigenvalue weighted by Crippen LogP contribution is -2.36. The van der Waals surface area contributed by atoms with Gasteiger partial charge in [-0.25, -0.2) is 4.79 Å². The van der Waals surface area contributed by atoms with Crippen LogP contribution in [-0.2, 0) is 14.9 Å². The minimum atomic E-state index is -0.562. The predicted molar refractivity (Wildman–Crippen MR) is 113 cm³/mol. The van der Waals surface area contributed by atoms with Gasteiger partial charge in [-0.05, 0) is 69.5 Å². The highest BCUT2D eigenvalue weighted by Crippen LogP contribution is 2.55. The third-order valence-electron chi connectivity index (χ3n) is 5.56. The van der Waals surface area contributed by atoms with Crippen molar-refractivity contribution >= 4 is 17.5 Å². The van der Waals surface area contributed by atoms with Crippen LogP contribution in [0.2, 0.25) is 0 Å². The van der Waals surface area contributed by atoms with Crippen LogP contribution in [0.25, 0.3) is 0 Å². The van der Waals surface area contributed by atoms with Crippen molar-refractivity contribution in [3.05, 3.63) is 53.1 Å². The number of benzene rings is 2. The van der Waals surface area contributed by atoms with Crippen LogP contribution in [0.5, 0.6) is 5.75 Å². The summed E-state index contributed by atoms with van der Waals surface area (Å²) in [6.45, 7) is 8.30. The number of anilines is 2. The zero-order chi connectivity index (χ0) is 20.8. The molecule has 1 fully saturated rings. The van der Waals surface area contributed by atoms with Gasteiger partial charge in [0.25, 0.3) is 0 Å². The van der Waals surface area contributed by atoms with Crippen LogP contribution in [0.15, 0.2) is 36.4 Å². The molecule has 2 aromatic rings. The number of rotatable bonds is 3. The third kappa shape index (κ3) is 3.31. The van der Waals surface area contributed by atoms with Crippen molar-refractivity contribution < 1.29 is 19.0 Å². The molecule has 2 aromatic carbocycles. The summed E-state index contributed by atoms with van der Waals surface area (Å²) >= 11 is 0. The van der Waals surface area contributed by atoms with E-state index in [0.29, 0.717) is 12.3 Å². The van der Waals surface area contributed by atoms with Gasteiger partial charge < -0.3 is 19.5 Å². The van der Waals surface area contributed by atoms with Gasteiger partial charge in [-0.15, -0.1) is 0 Å². The van der Waals surface area contributed by atoms with E-state index in [2.05, 4.69) is 29.7 Å². The number of nitrogens with one attached hydrogen (secondary N) is 2. The van der Waals surface area contributed by atoms with Crippen LogP contribution in [0, 0.1) is 6.92 Å². The SMILES string of the molecule is COc1ccc(NC(=O)OC(C)(C)C)cc1[C@]12CCOC1Nc1cccc(C)c12. The lowest BCUT2D eigenvalue weighted by Gasteiger charge is -2.31. The summed E-state index contributed by atoms with van der Waals surface area (Å²) in [5.41, 5.74) is 4.24. The second-order valence-electron chi connectivity index (χ2n) is 8.66. The number of hydrogen-bond donors (Lipinski definition) is 2. The first-order valence-electron chi connectivity index (χ1n) is 9.91. The van der Waals surface area contributed by atoms with Gasteiger partial charge >= 0.3 is 6.09 Å². The maximum atomic E-state index is 12.3. The minimum absolute atomic E-state index is 0.177. The zero-order valence-electron chi connectivity index (χ0n) is 17.6. The van der Waals surface area contributed by atoms with E-state index in [1.54, 1.807) is 7.11 Å². The van der Waals surface area contributed by atoms with E-state index < -0.39 is 11.7 Å². The molecule has 2 atom stereocenters. The van der Waals surface area contributed by atoms with Crippen molar-refractivity contribution in [3.63, 3.8) is 0 Å². The summed E-state index contributed by atoms with van der Waals surface area (Å²) in [5.74, 6) is 0.771. The summed E-state index contributed by atoms with van der Waals surface area (Å²) in [6, 6.07) is 12.0. The van der Waals surface area contributed by atoms with Gasteiger partial charge in [-0.3, -0.25) is 5.32 Å². The Morgan fingerprint density at radius 3 is 2.79 bits per heavy atom. The van der Waals surface area contributed by atoms with Crippen LogP contribution in [0.1, 0.15) is 43.9 Å². The number of carbonyl (C=O) groups excluding carboxylic acids is 1. The summed E-state index contributed by atoms with van der Waals surface area (Å²) in [7, 11) is 1.67. The number of methoxy groups -OCH3 is 1. The van der Waals surface area contributed by atoms with E-state index in [-0.39, 0.29) is 11.6 Å². The first kappa shape index (κ1) is 19.6. The Balaban J connectivity index is 1.79. The molecular formula is C23H28N2O4. The van der Waals surface area contributed by atoms with Gasteiger partial charge in [-0.1, -0.05) is 12.1 Å². The Hall–Kier alpha value is -2.73. The quantitative estimate of drug-likeness (QED) is 0.779. The molecule has 0 spiro atoms. The van der Waals surface area contributed by atoms with Gasteiger partial charge in [-0.2, -0.15) is 0 Å². The molecule has 154 valence electrons. The van der Waals surface area contributed by atoms with Gasteiger partial charge in [0.15, 0.2) is 0 Å². The highest BCUT2D eigenvalue weighted by molar-refractivity contribution is 5.85. The molecule has 2 N–H and O–H groups in total. The van der Waals surface area contributed by atoms with Crippen molar-refractivity contribution in [1.29, 1.82) is 0 Å². The largest absolute Gasteiger partial charge is 0.496 e. The van der Waals surface area contributed by atoms with Gasteiger partial charge in [0, 0.05) is 16.9 Å². The van der Waals surface area contributed by atoms with Gasteiger partial charge in [0.1, 0.15) is 17.6 Å². The first-order valence-corrected chi connectivity index (χ1v) is 9.91. The van der Waals surface area contributed by atoms with Crippen LogP contribution in [-0.4, -0.2) is 31.6 Å². The van der Waals surface area contributed by atoms with Crippen LogP contribution >= 0.6 is 0 Å². The molecule has 2 heterocycles. The minimum Gasteiger partial charge on any atom is -0.496 e. The van der Waals surface area contributed by atoms with Crippen LogP contribution in [0.4, 0.5) is 16.2 Å². The van der Waals surface area contributed by atoms with E-state index in [0.717, 1.165) is 23.4 Å². The number of hydrogen-bond acceptors (Lipinski definition) is 5. The molecule has 0 radical (unpaired) electrons. The number of ether oxygens (including phenoxy) is 3. The average Bonchev–Trinajstić information content (AvgIpc) is 3.17. The molecule has 2 aliphatic heterocycles. The van der Waals surface area contributed by atoms with Crippen LogP contribution < -0.4 is 15.4 Å². The molecule has 4 rings (SSSR count). The van der Waals surface area contributed by atoms with Crippen LogP contribution in [0.3, 0.4) is 0 Å². The average molecular weight is 396 g/mol. The molecular weight excluding hydrogens is 368 g/mol. The fraction of sp³-hybridized carbons (Fsp3) is 0.435. The van der Waals surface area contributed by atoms with E-state index in [4.69, 9.17) is 14.2 Å². The molecule has 0 saturated carbocycles. The van der Waals surface area contributed by atoms with Crippen molar-refractivity contribution in [1.82, 2.24) is 0 Å². The number of carbonyl (C=O) groups is 1. The predicted octanol–water partition coefficient (Wildman–Crippen LogP) is 4.81. The van der Waals surface area contributed by atoms with Crippen molar-refractivity contribution in [2.75, 3.05) is 24.4 Å². The second kappa shape index (κ2) is 6.95. The Morgan fingerprint density at radius 1 is 1.28 bits per heavy atom. The molecule has 0 aliphatic carbocycles. The number of fused-ring (bicyclic) bond motifs is 3. The maximum absolute atomic E-state index is 12.3. The zero-order valence-corrected chi connectivity index (χ0v) is 17.6. The van der Waals surface area contributed by atoms with E-state index in [9.17, 15) is 4.79 Å². The normalized spacial score (nSPS) is 22.4. The maximum Gasteiger partial charge on any atom is 0.412 e. The molecule has 6 heteroatoms. The Morgan fingerprint density at radius 2 is 2.07 bits per heavy atom. The smallest absolute Gasteiger partial charge is 0.412 e. The third-order valence-corrected chi connectivity index (χ3v) is 5.56. The molecule has 2 aliphatic rings. The number of amides is 1. The molecule has 0 bridgehead atoms. The molecule has 1 saturated heterocycles. The Kier molecular flexibility index (Phi) is 4.69. The summed E-state index contributed by atoms with van der Waals surface area (Å²) in [5, 5.41) is 6.38. The van der Waals surface area contributed by atoms with Crippen molar-refractivity contribution in [3.8, 4) is 5.75 Å².